The molecule has 1 amide bonds. The smallest absolute Gasteiger partial charge is 0.246 e. The number of carbonyl (C=O) groups excluding carboxylic acids is 1. The van der Waals surface area contributed by atoms with Gasteiger partial charge in [-0.2, -0.15) is 4.98 Å². The fourth-order valence-corrected chi connectivity index (χ4v) is 5.20. The Bertz CT molecular complexity index is 1070. The van der Waals surface area contributed by atoms with Gasteiger partial charge in [-0.1, -0.05) is 0 Å². The lowest BCUT2D eigenvalue weighted by atomic mass is 9.75. The summed E-state index contributed by atoms with van der Waals surface area (Å²) in [5.41, 5.74) is 2.13. The van der Waals surface area contributed by atoms with E-state index in [1.807, 2.05) is 24.0 Å². The topological polar surface area (TPSA) is 79.8 Å². The molecule has 8 nitrogen and oxygen atoms in total. The standard InChI is InChI=1S/C21H22FN5O3/c1-11-3-16-17(30-10-29-16)4-14(11)24-20-23-8-15-19(25-20)27(9-18(28)26(15)2)21-5-12(6-21)13(22)7-21/h3-4,8,12-13H,5-7,9-10H2,1-2H3,(H,23,24,25)/t12?,13-,21?/m0/s1. The number of carbonyl (C=O) groups is 1. The second kappa shape index (κ2) is 5.96. The van der Waals surface area contributed by atoms with Gasteiger partial charge in [-0.15, -0.1) is 0 Å². The number of likely N-dealkylation sites (N-methyl/N-ethyl adjacent to an activating group) is 1. The van der Waals surface area contributed by atoms with Gasteiger partial charge in [0.2, 0.25) is 18.6 Å². The van der Waals surface area contributed by atoms with Gasteiger partial charge in [0.25, 0.3) is 0 Å². The summed E-state index contributed by atoms with van der Waals surface area (Å²) >= 11 is 0. The number of hydrogen-bond donors (Lipinski definition) is 1. The average Bonchev–Trinajstić information content (AvgIpc) is 3.36. The Hall–Kier alpha value is -3.10. The minimum absolute atomic E-state index is 0.0291. The van der Waals surface area contributed by atoms with Crippen LogP contribution in [0.4, 0.5) is 27.5 Å². The largest absolute Gasteiger partial charge is 0.454 e. The van der Waals surface area contributed by atoms with Crippen LogP contribution in [-0.4, -0.2) is 48.0 Å². The lowest BCUT2D eigenvalue weighted by Crippen LogP contribution is -2.58. The molecule has 9 heteroatoms. The second-order valence-electron chi connectivity index (χ2n) is 8.70. The lowest BCUT2D eigenvalue weighted by molar-refractivity contribution is -0.117. The van der Waals surface area contributed by atoms with Crippen molar-refractivity contribution in [2.75, 3.05) is 35.5 Å². The van der Waals surface area contributed by atoms with Gasteiger partial charge in [0.05, 0.1) is 12.7 Å². The summed E-state index contributed by atoms with van der Waals surface area (Å²) in [5, 5.41) is 3.26. The minimum atomic E-state index is -0.793. The summed E-state index contributed by atoms with van der Waals surface area (Å²) in [6.45, 7) is 2.39. The van der Waals surface area contributed by atoms with Crippen molar-refractivity contribution in [2.45, 2.75) is 37.9 Å². The SMILES string of the molecule is Cc1cc2c(cc1Nc1ncc3c(n1)N(C14CC(C1)[C@@H](F)C4)CC(=O)N3C)OCO2. The molecule has 3 fully saturated rings. The molecular formula is C21H22FN5O3. The Morgan fingerprint density at radius 2 is 2.00 bits per heavy atom. The molecule has 5 aliphatic rings. The lowest BCUT2D eigenvalue weighted by Gasteiger charge is -2.50. The summed E-state index contributed by atoms with van der Waals surface area (Å²) in [6.07, 6.45) is 2.88. The number of anilines is 4. The van der Waals surface area contributed by atoms with E-state index in [1.54, 1.807) is 18.1 Å². The molecule has 7 rings (SSSR count). The predicted molar refractivity (Wildman–Crippen MR) is 108 cm³/mol. The van der Waals surface area contributed by atoms with Gasteiger partial charge in [-0.3, -0.25) is 4.79 Å². The van der Waals surface area contributed by atoms with Crippen molar-refractivity contribution in [2.24, 2.45) is 5.92 Å². The number of amides is 1. The summed E-state index contributed by atoms with van der Waals surface area (Å²) in [5.74, 6) is 2.58. The molecule has 0 radical (unpaired) electrons. The molecule has 3 saturated carbocycles. The maximum absolute atomic E-state index is 14.2. The Labute approximate surface area is 173 Å². The molecule has 0 saturated heterocycles. The molecule has 2 aromatic rings. The van der Waals surface area contributed by atoms with Gasteiger partial charge in [0.15, 0.2) is 17.3 Å². The summed E-state index contributed by atoms with van der Waals surface area (Å²) in [4.78, 5) is 25.4. The Kier molecular flexibility index (Phi) is 3.52. The highest BCUT2D eigenvalue weighted by atomic mass is 19.1. The van der Waals surface area contributed by atoms with E-state index in [0.717, 1.165) is 29.8 Å². The van der Waals surface area contributed by atoms with Crippen LogP contribution in [-0.2, 0) is 4.79 Å². The minimum Gasteiger partial charge on any atom is -0.454 e. The summed E-state index contributed by atoms with van der Waals surface area (Å²) in [7, 11) is 1.73. The fraction of sp³-hybridized carbons (Fsp3) is 0.476. The molecule has 2 bridgehead atoms. The molecule has 1 aromatic carbocycles. The van der Waals surface area contributed by atoms with E-state index < -0.39 is 6.17 Å². The summed E-state index contributed by atoms with van der Waals surface area (Å²) in [6, 6.07) is 3.78. The Morgan fingerprint density at radius 1 is 1.23 bits per heavy atom. The Morgan fingerprint density at radius 3 is 2.73 bits per heavy atom. The maximum atomic E-state index is 14.2. The number of aryl methyl sites for hydroxylation is 1. The van der Waals surface area contributed by atoms with E-state index >= 15 is 0 Å². The average molecular weight is 411 g/mol. The monoisotopic (exact) mass is 411 g/mol. The molecular weight excluding hydrogens is 389 g/mol. The Balaban J connectivity index is 1.37. The fourth-order valence-electron chi connectivity index (χ4n) is 5.20. The van der Waals surface area contributed by atoms with Crippen LogP contribution in [0.1, 0.15) is 24.8 Å². The van der Waals surface area contributed by atoms with Crippen LogP contribution in [0.5, 0.6) is 11.5 Å². The van der Waals surface area contributed by atoms with Crippen molar-refractivity contribution in [1.82, 2.24) is 9.97 Å². The van der Waals surface area contributed by atoms with Crippen molar-refractivity contribution >= 4 is 29.0 Å². The number of alkyl halides is 1. The van der Waals surface area contributed by atoms with E-state index in [9.17, 15) is 9.18 Å². The van der Waals surface area contributed by atoms with E-state index in [4.69, 9.17) is 14.5 Å². The first-order valence-electron chi connectivity index (χ1n) is 10.2. The first kappa shape index (κ1) is 17.7. The highest BCUT2D eigenvalue weighted by Gasteiger charge is 2.61. The number of fused-ring (bicyclic) bond motifs is 3. The number of nitrogens with one attached hydrogen (secondary N) is 1. The van der Waals surface area contributed by atoms with Crippen molar-refractivity contribution in [3.63, 3.8) is 0 Å². The first-order chi connectivity index (χ1) is 14.4. The highest BCUT2D eigenvalue weighted by Crippen LogP contribution is 2.58. The van der Waals surface area contributed by atoms with Crippen LogP contribution >= 0.6 is 0 Å². The zero-order valence-corrected chi connectivity index (χ0v) is 16.8. The van der Waals surface area contributed by atoms with Gasteiger partial charge in [-0.05, 0) is 37.3 Å². The molecule has 1 aromatic heterocycles. The van der Waals surface area contributed by atoms with E-state index in [1.165, 1.54) is 0 Å². The second-order valence-corrected chi connectivity index (χ2v) is 8.70. The zero-order valence-electron chi connectivity index (χ0n) is 16.8. The van der Waals surface area contributed by atoms with Gasteiger partial charge < -0.3 is 24.6 Å². The van der Waals surface area contributed by atoms with E-state index in [2.05, 4.69) is 10.3 Å². The third-order valence-corrected chi connectivity index (χ3v) is 6.94. The molecule has 2 aliphatic heterocycles. The maximum Gasteiger partial charge on any atom is 0.246 e. The van der Waals surface area contributed by atoms with Crippen LogP contribution < -0.4 is 24.6 Å². The third-order valence-electron chi connectivity index (χ3n) is 6.94. The highest BCUT2D eigenvalue weighted by molar-refractivity contribution is 6.02. The normalized spacial score (nSPS) is 28.4. The van der Waals surface area contributed by atoms with Gasteiger partial charge in [0.1, 0.15) is 11.9 Å². The van der Waals surface area contributed by atoms with Crippen molar-refractivity contribution in [1.29, 1.82) is 0 Å². The van der Waals surface area contributed by atoms with Gasteiger partial charge in [0, 0.05) is 30.8 Å². The van der Waals surface area contributed by atoms with Gasteiger partial charge in [-0.25, -0.2) is 9.37 Å². The number of hydrogen-bond acceptors (Lipinski definition) is 7. The van der Waals surface area contributed by atoms with Crippen LogP contribution in [0.3, 0.4) is 0 Å². The molecule has 1 N–H and O–H groups in total. The molecule has 3 aliphatic carbocycles. The molecule has 0 unspecified atom stereocenters. The van der Waals surface area contributed by atoms with Crippen molar-refractivity contribution in [3.05, 3.63) is 23.9 Å². The van der Waals surface area contributed by atoms with Crippen LogP contribution in [0.15, 0.2) is 18.3 Å². The number of nitrogens with zero attached hydrogens (tertiary/aromatic N) is 4. The molecule has 0 spiro atoms. The van der Waals surface area contributed by atoms with E-state index in [-0.39, 0.29) is 30.7 Å². The quantitative estimate of drug-likeness (QED) is 0.832. The van der Waals surface area contributed by atoms with E-state index in [0.29, 0.717) is 29.6 Å². The van der Waals surface area contributed by atoms with Gasteiger partial charge >= 0.3 is 0 Å². The number of rotatable bonds is 3. The zero-order chi connectivity index (χ0) is 20.6. The number of benzene rings is 1. The van der Waals surface area contributed by atoms with Crippen molar-refractivity contribution in [3.8, 4) is 11.5 Å². The van der Waals surface area contributed by atoms with Crippen LogP contribution in [0.25, 0.3) is 0 Å². The number of halogens is 1. The van der Waals surface area contributed by atoms with Crippen LogP contribution in [0.2, 0.25) is 0 Å². The summed E-state index contributed by atoms with van der Waals surface area (Å²) < 4.78 is 25.1. The first-order valence-corrected chi connectivity index (χ1v) is 10.2. The number of aromatic nitrogens is 2. The van der Waals surface area contributed by atoms with Crippen LogP contribution in [0, 0.1) is 12.8 Å². The number of ether oxygens (including phenoxy) is 2. The molecule has 30 heavy (non-hydrogen) atoms. The van der Waals surface area contributed by atoms with Crippen molar-refractivity contribution < 1.29 is 18.7 Å². The third kappa shape index (κ3) is 2.41. The predicted octanol–water partition coefficient (Wildman–Crippen LogP) is 2.93. The molecule has 1 atom stereocenters. The molecule has 156 valence electrons. The molecule has 3 heterocycles.